The number of hydrogen-bond donors (Lipinski definition) is 0. The van der Waals surface area contributed by atoms with Gasteiger partial charge in [-0.3, -0.25) is 0 Å². The van der Waals surface area contributed by atoms with Crippen LogP contribution in [0.5, 0.6) is 0 Å². The zero-order valence-corrected chi connectivity index (χ0v) is 11.0. The third-order valence-electron chi connectivity index (χ3n) is 5.43. The Morgan fingerprint density at radius 2 is 1.47 bits per heavy atom. The standard InChI is InChI=1S/C14H28N/c1-11-9-12(2)14(4)15(13(3)10-11)7-5-6-8-15/h11-14H,5-10H2,1-4H3/q+1. The van der Waals surface area contributed by atoms with Gasteiger partial charge >= 0.3 is 0 Å². The molecule has 0 saturated carbocycles. The number of nitrogens with zero attached hydrogens (tertiary/aromatic N) is 1. The third kappa shape index (κ3) is 1.84. The molecule has 2 aliphatic rings. The normalized spacial score (nSPS) is 45.6. The van der Waals surface area contributed by atoms with Gasteiger partial charge in [-0.25, -0.2) is 0 Å². The second kappa shape index (κ2) is 4.08. The van der Waals surface area contributed by atoms with Crippen LogP contribution in [-0.2, 0) is 0 Å². The lowest BCUT2D eigenvalue weighted by molar-refractivity contribution is -0.962. The molecule has 0 amide bonds. The summed E-state index contributed by atoms with van der Waals surface area (Å²) in [7, 11) is 0. The lowest BCUT2D eigenvalue weighted by atomic mass is 9.92. The number of rotatable bonds is 0. The van der Waals surface area contributed by atoms with Crippen molar-refractivity contribution < 1.29 is 4.48 Å². The molecular weight excluding hydrogens is 182 g/mol. The summed E-state index contributed by atoms with van der Waals surface area (Å²) < 4.78 is 1.45. The Hall–Kier alpha value is -0.0400. The molecular formula is C14H28N+. The van der Waals surface area contributed by atoms with Crippen molar-refractivity contribution in [2.75, 3.05) is 13.1 Å². The van der Waals surface area contributed by atoms with Crippen LogP contribution in [0.15, 0.2) is 0 Å². The molecule has 2 heterocycles. The molecule has 2 rings (SSSR count). The van der Waals surface area contributed by atoms with Crippen LogP contribution in [0.4, 0.5) is 0 Å². The van der Waals surface area contributed by atoms with Crippen LogP contribution in [0.3, 0.4) is 0 Å². The summed E-state index contributed by atoms with van der Waals surface area (Å²) in [5.41, 5.74) is 0. The van der Waals surface area contributed by atoms with Gasteiger partial charge in [-0.15, -0.1) is 0 Å². The van der Waals surface area contributed by atoms with E-state index in [0.29, 0.717) is 0 Å². The van der Waals surface area contributed by atoms with E-state index in [1.165, 1.54) is 43.3 Å². The van der Waals surface area contributed by atoms with Crippen LogP contribution in [0, 0.1) is 11.8 Å². The summed E-state index contributed by atoms with van der Waals surface area (Å²) in [6.45, 7) is 12.9. The van der Waals surface area contributed by atoms with Crippen LogP contribution < -0.4 is 0 Å². The summed E-state index contributed by atoms with van der Waals surface area (Å²) in [6, 6.07) is 1.80. The first-order valence-corrected chi connectivity index (χ1v) is 6.92. The Morgan fingerprint density at radius 1 is 0.867 bits per heavy atom. The first-order valence-electron chi connectivity index (χ1n) is 6.92. The van der Waals surface area contributed by atoms with Gasteiger partial charge in [-0.05, 0) is 26.2 Å². The average Bonchev–Trinajstić information content (AvgIpc) is 2.62. The molecule has 4 atom stereocenters. The minimum Gasteiger partial charge on any atom is -0.319 e. The van der Waals surface area contributed by atoms with Gasteiger partial charge < -0.3 is 4.48 Å². The van der Waals surface area contributed by atoms with Crippen molar-refractivity contribution in [2.45, 2.75) is 65.5 Å². The number of quaternary nitrogens is 1. The molecule has 15 heavy (non-hydrogen) atoms. The van der Waals surface area contributed by atoms with E-state index >= 15 is 0 Å². The highest BCUT2D eigenvalue weighted by Gasteiger charge is 2.46. The smallest absolute Gasteiger partial charge is 0.0889 e. The minimum absolute atomic E-state index is 0.896. The van der Waals surface area contributed by atoms with Crippen molar-refractivity contribution in [1.29, 1.82) is 0 Å². The molecule has 1 nitrogen and oxygen atoms in total. The predicted molar refractivity (Wildman–Crippen MR) is 65.7 cm³/mol. The van der Waals surface area contributed by atoms with Gasteiger partial charge in [0.15, 0.2) is 0 Å². The second-order valence-corrected chi connectivity index (χ2v) is 6.40. The molecule has 2 aliphatic heterocycles. The van der Waals surface area contributed by atoms with Crippen LogP contribution in [0.25, 0.3) is 0 Å². The Morgan fingerprint density at radius 3 is 2.07 bits per heavy atom. The highest BCUT2D eigenvalue weighted by molar-refractivity contribution is 4.77. The van der Waals surface area contributed by atoms with E-state index in [9.17, 15) is 0 Å². The molecule has 0 aromatic rings. The zero-order valence-electron chi connectivity index (χ0n) is 11.0. The topological polar surface area (TPSA) is 0 Å². The van der Waals surface area contributed by atoms with Crippen LogP contribution >= 0.6 is 0 Å². The lowest BCUT2D eigenvalue weighted by Gasteiger charge is -2.45. The highest BCUT2D eigenvalue weighted by Crippen LogP contribution is 2.39. The summed E-state index contributed by atoms with van der Waals surface area (Å²) >= 11 is 0. The monoisotopic (exact) mass is 210 g/mol. The molecule has 1 spiro atoms. The fourth-order valence-corrected chi connectivity index (χ4v) is 4.40. The maximum atomic E-state index is 2.52. The van der Waals surface area contributed by atoms with Crippen molar-refractivity contribution in [1.82, 2.24) is 0 Å². The van der Waals surface area contributed by atoms with Gasteiger partial charge in [0.1, 0.15) is 0 Å². The summed E-state index contributed by atoms with van der Waals surface area (Å²) in [6.07, 6.45) is 5.84. The Bertz CT molecular complexity index is 217. The molecule has 2 fully saturated rings. The third-order valence-corrected chi connectivity index (χ3v) is 5.43. The van der Waals surface area contributed by atoms with Gasteiger partial charge in [0.25, 0.3) is 0 Å². The van der Waals surface area contributed by atoms with Gasteiger partial charge in [-0.1, -0.05) is 13.8 Å². The van der Waals surface area contributed by atoms with E-state index in [4.69, 9.17) is 0 Å². The van der Waals surface area contributed by atoms with E-state index in [0.717, 1.165) is 23.9 Å². The summed E-state index contributed by atoms with van der Waals surface area (Å²) in [5, 5.41) is 0. The van der Waals surface area contributed by atoms with Gasteiger partial charge in [0.05, 0.1) is 25.2 Å². The maximum absolute atomic E-state index is 2.52. The molecule has 0 radical (unpaired) electrons. The van der Waals surface area contributed by atoms with Crippen molar-refractivity contribution in [3.8, 4) is 0 Å². The molecule has 0 aliphatic carbocycles. The second-order valence-electron chi connectivity index (χ2n) is 6.40. The van der Waals surface area contributed by atoms with E-state index in [1.54, 1.807) is 0 Å². The zero-order chi connectivity index (χ0) is 11.1. The van der Waals surface area contributed by atoms with Crippen molar-refractivity contribution >= 4 is 0 Å². The highest BCUT2D eigenvalue weighted by atomic mass is 15.4. The van der Waals surface area contributed by atoms with E-state index in [1.807, 2.05) is 0 Å². The molecule has 1 heteroatoms. The molecule has 0 N–H and O–H groups in total. The van der Waals surface area contributed by atoms with Crippen molar-refractivity contribution in [3.63, 3.8) is 0 Å². The van der Waals surface area contributed by atoms with Gasteiger partial charge in [0, 0.05) is 25.2 Å². The van der Waals surface area contributed by atoms with Gasteiger partial charge in [-0.2, -0.15) is 0 Å². The Kier molecular flexibility index (Phi) is 3.12. The SMILES string of the molecule is CC1CC(C)C(C)[N+]2(CCCC2)C(C)C1. The lowest BCUT2D eigenvalue weighted by Crippen LogP contribution is -2.58. The quantitative estimate of drug-likeness (QED) is 0.537. The maximum Gasteiger partial charge on any atom is 0.0889 e. The fraction of sp³-hybridized carbons (Fsp3) is 1.00. The van der Waals surface area contributed by atoms with E-state index < -0.39 is 0 Å². The van der Waals surface area contributed by atoms with E-state index in [2.05, 4.69) is 27.7 Å². The fourth-order valence-electron chi connectivity index (χ4n) is 4.40. The van der Waals surface area contributed by atoms with Crippen molar-refractivity contribution in [3.05, 3.63) is 0 Å². The molecule has 4 unspecified atom stereocenters. The first kappa shape index (κ1) is 11.4. The Labute approximate surface area is 95.4 Å². The Balaban J connectivity index is 2.25. The first-order chi connectivity index (χ1) is 7.06. The average molecular weight is 210 g/mol. The van der Waals surface area contributed by atoms with E-state index in [-0.39, 0.29) is 0 Å². The van der Waals surface area contributed by atoms with Crippen LogP contribution in [0.1, 0.15) is 53.4 Å². The molecule has 2 saturated heterocycles. The molecule has 0 bridgehead atoms. The molecule has 0 aromatic heterocycles. The summed E-state index contributed by atoms with van der Waals surface area (Å²) in [5.74, 6) is 1.86. The summed E-state index contributed by atoms with van der Waals surface area (Å²) in [4.78, 5) is 0. The van der Waals surface area contributed by atoms with Crippen LogP contribution in [0.2, 0.25) is 0 Å². The van der Waals surface area contributed by atoms with Crippen molar-refractivity contribution in [2.24, 2.45) is 11.8 Å². The number of hydrogen-bond acceptors (Lipinski definition) is 0. The molecule has 0 aromatic carbocycles. The van der Waals surface area contributed by atoms with Gasteiger partial charge in [0.2, 0.25) is 0 Å². The van der Waals surface area contributed by atoms with Crippen LogP contribution in [-0.4, -0.2) is 29.7 Å². The predicted octanol–water partition coefficient (Wildman–Crippen LogP) is 3.44. The minimum atomic E-state index is 0.896. The molecule has 88 valence electrons. The largest absolute Gasteiger partial charge is 0.319 e.